The fourth-order valence-corrected chi connectivity index (χ4v) is 1.86. The van der Waals surface area contributed by atoms with Gasteiger partial charge < -0.3 is 0 Å². The van der Waals surface area contributed by atoms with E-state index in [4.69, 9.17) is 0 Å². The van der Waals surface area contributed by atoms with Crippen molar-refractivity contribution in [2.75, 3.05) is 0 Å². The average molecular weight is 234 g/mol. The summed E-state index contributed by atoms with van der Waals surface area (Å²) in [5, 5.41) is 0. The maximum absolute atomic E-state index is 12.8. The molecule has 0 atom stereocenters. The molecule has 0 aliphatic carbocycles. The van der Waals surface area contributed by atoms with E-state index in [1.54, 1.807) is 23.9 Å². The van der Waals surface area contributed by atoms with Crippen LogP contribution in [0.3, 0.4) is 0 Å². The van der Waals surface area contributed by atoms with Gasteiger partial charge in [0, 0.05) is 18.8 Å². The summed E-state index contributed by atoms with van der Waals surface area (Å²) in [5.41, 5.74) is 1.39. The third-order valence-electron chi connectivity index (χ3n) is 2.77. The number of halogens is 1. The average Bonchev–Trinajstić information content (AvgIpc) is 2.56. The van der Waals surface area contributed by atoms with Crippen LogP contribution in [0.15, 0.2) is 35.3 Å². The van der Waals surface area contributed by atoms with E-state index in [0.717, 1.165) is 5.56 Å². The Morgan fingerprint density at radius 1 is 1.18 bits per heavy atom. The Morgan fingerprint density at radius 2 is 1.76 bits per heavy atom. The number of nitrogens with zero attached hydrogens (tertiary/aromatic N) is 2. The molecule has 0 fully saturated rings. The van der Waals surface area contributed by atoms with E-state index >= 15 is 0 Å². The number of rotatable bonds is 2. The van der Waals surface area contributed by atoms with Crippen molar-refractivity contribution in [3.05, 3.63) is 52.2 Å². The minimum absolute atomic E-state index is 0.0471. The lowest BCUT2D eigenvalue weighted by Crippen LogP contribution is -2.21. The van der Waals surface area contributed by atoms with Gasteiger partial charge in [-0.3, -0.25) is 9.48 Å². The van der Waals surface area contributed by atoms with Crippen molar-refractivity contribution >= 4 is 0 Å². The molecular formula is C13H15FN2O. The van der Waals surface area contributed by atoms with Crippen molar-refractivity contribution < 1.29 is 4.39 Å². The molecule has 17 heavy (non-hydrogen) atoms. The van der Waals surface area contributed by atoms with Crippen molar-refractivity contribution in [2.45, 2.75) is 19.8 Å². The van der Waals surface area contributed by atoms with Gasteiger partial charge in [0.25, 0.3) is 5.56 Å². The lowest BCUT2D eigenvalue weighted by atomic mass is 10.1. The first-order valence-electron chi connectivity index (χ1n) is 5.55. The Morgan fingerprint density at radius 3 is 2.24 bits per heavy atom. The summed E-state index contributed by atoms with van der Waals surface area (Å²) < 4.78 is 16.1. The van der Waals surface area contributed by atoms with E-state index < -0.39 is 0 Å². The smallest absolute Gasteiger partial charge is 0.274 e. The Labute approximate surface area is 99.1 Å². The summed E-state index contributed by atoms with van der Waals surface area (Å²) in [4.78, 5) is 12.2. The second-order valence-electron chi connectivity index (χ2n) is 4.41. The highest BCUT2D eigenvalue weighted by Crippen LogP contribution is 2.12. The molecule has 1 heterocycles. The molecule has 0 saturated heterocycles. The van der Waals surface area contributed by atoms with Crippen molar-refractivity contribution in [3.8, 4) is 5.69 Å². The summed E-state index contributed by atoms with van der Waals surface area (Å²) in [5.74, 6) is -0.129. The first-order chi connectivity index (χ1) is 8.00. The number of benzene rings is 1. The van der Waals surface area contributed by atoms with Gasteiger partial charge in [-0.15, -0.1) is 0 Å². The molecule has 0 aliphatic rings. The quantitative estimate of drug-likeness (QED) is 0.784. The Kier molecular flexibility index (Phi) is 2.88. The summed E-state index contributed by atoms with van der Waals surface area (Å²) >= 11 is 0. The Bertz CT molecular complexity index is 578. The van der Waals surface area contributed by atoms with E-state index in [0.29, 0.717) is 5.69 Å². The second kappa shape index (κ2) is 4.20. The molecule has 0 amide bonds. The topological polar surface area (TPSA) is 26.9 Å². The van der Waals surface area contributed by atoms with Gasteiger partial charge in [0.2, 0.25) is 0 Å². The van der Waals surface area contributed by atoms with Crippen LogP contribution in [-0.2, 0) is 7.05 Å². The largest absolute Gasteiger partial charge is 0.288 e. The molecule has 2 aromatic rings. The highest BCUT2D eigenvalue weighted by atomic mass is 19.1. The number of hydrogen-bond donors (Lipinski definition) is 0. The van der Waals surface area contributed by atoms with Crippen LogP contribution in [0.1, 0.15) is 25.3 Å². The van der Waals surface area contributed by atoms with E-state index in [-0.39, 0.29) is 17.3 Å². The molecule has 4 heteroatoms. The maximum atomic E-state index is 12.8. The summed E-state index contributed by atoms with van der Waals surface area (Å²) in [6.45, 7) is 3.96. The van der Waals surface area contributed by atoms with Crippen LogP contribution in [0.4, 0.5) is 4.39 Å². The molecule has 90 valence electrons. The first-order valence-corrected chi connectivity index (χ1v) is 5.55. The molecule has 0 spiro atoms. The van der Waals surface area contributed by atoms with Crippen LogP contribution in [0.5, 0.6) is 0 Å². The third kappa shape index (κ3) is 2.02. The minimum atomic E-state index is -0.305. The van der Waals surface area contributed by atoms with Gasteiger partial charge in [-0.1, -0.05) is 13.8 Å². The van der Waals surface area contributed by atoms with Gasteiger partial charge in [-0.05, 0) is 30.2 Å². The molecule has 0 bridgehead atoms. The van der Waals surface area contributed by atoms with E-state index in [2.05, 4.69) is 0 Å². The number of hydrogen-bond acceptors (Lipinski definition) is 1. The molecule has 0 unspecified atom stereocenters. The normalized spacial score (nSPS) is 11.1. The standard InChI is InChI=1S/C13H15FN2O/c1-9(2)12-8-15(3)16(13(12)17)11-6-4-10(14)5-7-11/h4-9H,1-3H3. The second-order valence-corrected chi connectivity index (χ2v) is 4.41. The van der Waals surface area contributed by atoms with Crippen LogP contribution >= 0.6 is 0 Å². The predicted molar refractivity (Wildman–Crippen MR) is 65.1 cm³/mol. The molecule has 0 N–H and O–H groups in total. The van der Waals surface area contributed by atoms with Gasteiger partial charge >= 0.3 is 0 Å². The molecule has 1 aromatic carbocycles. The molecule has 3 nitrogen and oxygen atoms in total. The molecule has 0 aliphatic heterocycles. The zero-order valence-corrected chi connectivity index (χ0v) is 10.1. The van der Waals surface area contributed by atoms with Gasteiger partial charge in [0.05, 0.1) is 5.69 Å². The fraction of sp³-hybridized carbons (Fsp3) is 0.308. The van der Waals surface area contributed by atoms with E-state index in [1.165, 1.54) is 16.8 Å². The summed E-state index contributed by atoms with van der Waals surface area (Å²) in [6.07, 6.45) is 1.82. The lowest BCUT2D eigenvalue weighted by Gasteiger charge is -2.06. The zero-order valence-electron chi connectivity index (χ0n) is 10.1. The highest BCUT2D eigenvalue weighted by Gasteiger charge is 2.13. The predicted octanol–water partition coefficient (Wildman–Crippen LogP) is 2.44. The lowest BCUT2D eigenvalue weighted by molar-refractivity contribution is 0.620. The molecule has 2 rings (SSSR count). The fourth-order valence-electron chi connectivity index (χ4n) is 1.86. The van der Waals surface area contributed by atoms with Gasteiger partial charge in [-0.2, -0.15) is 0 Å². The van der Waals surface area contributed by atoms with Gasteiger partial charge in [0.1, 0.15) is 5.82 Å². The van der Waals surface area contributed by atoms with Crippen molar-refractivity contribution in [1.29, 1.82) is 0 Å². The summed E-state index contributed by atoms with van der Waals surface area (Å²) in [7, 11) is 1.80. The van der Waals surface area contributed by atoms with Crippen LogP contribution in [0.2, 0.25) is 0 Å². The molecule has 0 radical (unpaired) electrons. The van der Waals surface area contributed by atoms with Crippen LogP contribution in [0, 0.1) is 5.82 Å². The zero-order chi connectivity index (χ0) is 12.6. The van der Waals surface area contributed by atoms with Crippen molar-refractivity contribution in [3.63, 3.8) is 0 Å². The monoisotopic (exact) mass is 234 g/mol. The molecule has 0 saturated carbocycles. The van der Waals surface area contributed by atoms with Crippen molar-refractivity contribution in [1.82, 2.24) is 9.36 Å². The Hall–Kier alpha value is -1.84. The summed E-state index contributed by atoms with van der Waals surface area (Å²) in [6, 6.07) is 5.90. The van der Waals surface area contributed by atoms with Crippen LogP contribution < -0.4 is 5.56 Å². The number of aromatic nitrogens is 2. The van der Waals surface area contributed by atoms with Crippen LogP contribution in [0.25, 0.3) is 5.69 Å². The molecular weight excluding hydrogens is 219 g/mol. The number of aryl methyl sites for hydroxylation is 1. The van der Waals surface area contributed by atoms with E-state index in [1.807, 2.05) is 20.0 Å². The van der Waals surface area contributed by atoms with Gasteiger partial charge in [-0.25, -0.2) is 9.07 Å². The minimum Gasteiger partial charge on any atom is -0.288 e. The SMILES string of the molecule is CC(C)c1cn(C)n(-c2ccc(F)cc2)c1=O. The first kappa shape index (κ1) is 11.6. The van der Waals surface area contributed by atoms with E-state index in [9.17, 15) is 9.18 Å². The van der Waals surface area contributed by atoms with Crippen LogP contribution in [-0.4, -0.2) is 9.36 Å². The Balaban J connectivity index is 2.60. The third-order valence-corrected chi connectivity index (χ3v) is 2.77. The molecule has 1 aromatic heterocycles. The highest BCUT2D eigenvalue weighted by molar-refractivity contribution is 5.32. The van der Waals surface area contributed by atoms with Crippen molar-refractivity contribution in [2.24, 2.45) is 7.05 Å². The maximum Gasteiger partial charge on any atom is 0.274 e. The van der Waals surface area contributed by atoms with Gasteiger partial charge in [0.15, 0.2) is 0 Å².